The van der Waals surface area contributed by atoms with E-state index < -0.39 is 0 Å². The summed E-state index contributed by atoms with van der Waals surface area (Å²) >= 11 is 7.85. The summed E-state index contributed by atoms with van der Waals surface area (Å²) in [7, 11) is 0. The molecule has 3 aromatic rings. The summed E-state index contributed by atoms with van der Waals surface area (Å²) in [4.78, 5) is 22.0. The Balaban J connectivity index is 1.72. The van der Waals surface area contributed by atoms with E-state index in [4.69, 9.17) is 16.6 Å². The fraction of sp³-hybridized carbons (Fsp3) is 0.455. The molecule has 1 aliphatic rings. The standard InChI is InChI=1S/C22H26ClN3OS/c1-3-12-25(22(27)20-11-8-15(2)28-20)14-21-24-18-10-9-16(23)13-19(18)26(21)17-6-4-5-7-17/h8-11,13,17H,3-7,12,14H2,1-2H3. The average Bonchev–Trinajstić information content (AvgIpc) is 3.40. The number of benzene rings is 1. The molecular weight excluding hydrogens is 390 g/mol. The summed E-state index contributed by atoms with van der Waals surface area (Å²) in [5.41, 5.74) is 2.05. The molecule has 1 fully saturated rings. The van der Waals surface area contributed by atoms with Gasteiger partial charge in [-0.3, -0.25) is 4.79 Å². The normalized spacial score (nSPS) is 14.8. The second kappa shape index (κ2) is 8.26. The molecule has 0 N–H and O–H groups in total. The first-order valence-electron chi connectivity index (χ1n) is 10.1. The molecule has 2 heterocycles. The van der Waals surface area contributed by atoms with E-state index in [1.54, 1.807) is 11.3 Å². The van der Waals surface area contributed by atoms with Gasteiger partial charge >= 0.3 is 0 Å². The molecular formula is C22H26ClN3OS. The highest BCUT2D eigenvalue weighted by atomic mass is 35.5. The molecule has 0 radical (unpaired) electrons. The molecule has 4 rings (SSSR count). The van der Waals surface area contributed by atoms with Crippen molar-refractivity contribution in [3.8, 4) is 0 Å². The molecule has 4 nitrogen and oxygen atoms in total. The number of aryl methyl sites for hydroxylation is 1. The lowest BCUT2D eigenvalue weighted by molar-refractivity contribution is 0.0741. The number of amides is 1. The summed E-state index contributed by atoms with van der Waals surface area (Å²) < 4.78 is 2.35. The van der Waals surface area contributed by atoms with Crippen molar-refractivity contribution in [2.75, 3.05) is 6.54 Å². The molecule has 1 amide bonds. The number of fused-ring (bicyclic) bond motifs is 1. The molecule has 0 spiro atoms. The van der Waals surface area contributed by atoms with Crippen LogP contribution in [0.5, 0.6) is 0 Å². The van der Waals surface area contributed by atoms with Gasteiger partial charge in [-0.2, -0.15) is 0 Å². The van der Waals surface area contributed by atoms with E-state index in [9.17, 15) is 4.79 Å². The summed E-state index contributed by atoms with van der Waals surface area (Å²) in [5, 5.41) is 0.730. The van der Waals surface area contributed by atoms with Crippen molar-refractivity contribution in [2.45, 2.75) is 58.5 Å². The molecule has 2 aromatic heterocycles. The topological polar surface area (TPSA) is 38.1 Å². The maximum absolute atomic E-state index is 13.1. The number of nitrogens with zero attached hydrogens (tertiary/aromatic N) is 3. The summed E-state index contributed by atoms with van der Waals surface area (Å²) in [6, 6.07) is 10.3. The third-order valence-corrected chi connectivity index (χ3v) is 6.70. The number of hydrogen-bond acceptors (Lipinski definition) is 3. The molecule has 0 atom stereocenters. The molecule has 148 valence electrons. The van der Waals surface area contributed by atoms with Gasteiger partial charge in [-0.05, 0) is 56.5 Å². The molecule has 0 unspecified atom stereocenters. The number of carbonyl (C=O) groups is 1. The molecule has 1 aliphatic carbocycles. The van der Waals surface area contributed by atoms with Crippen molar-refractivity contribution in [2.24, 2.45) is 0 Å². The number of thiophene rings is 1. The van der Waals surface area contributed by atoms with Crippen molar-refractivity contribution in [1.82, 2.24) is 14.5 Å². The minimum absolute atomic E-state index is 0.100. The Labute approximate surface area is 175 Å². The first-order valence-corrected chi connectivity index (χ1v) is 11.3. The van der Waals surface area contributed by atoms with Gasteiger partial charge in [0.1, 0.15) is 5.82 Å². The van der Waals surface area contributed by atoms with Crippen LogP contribution in [0.4, 0.5) is 0 Å². The second-order valence-electron chi connectivity index (χ2n) is 7.61. The fourth-order valence-electron chi connectivity index (χ4n) is 4.20. The zero-order valence-electron chi connectivity index (χ0n) is 16.4. The molecule has 0 aliphatic heterocycles. The first kappa shape index (κ1) is 19.5. The smallest absolute Gasteiger partial charge is 0.264 e. The van der Waals surface area contributed by atoms with Crippen LogP contribution in [-0.2, 0) is 6.54 Å². The van der Waals surface area contributed by atoms with Crippen molar-refractivity contribution in [3.63, 3.8) is 0 Å². The van der Waals surface area contributed by atoms with Gasteiger partial charge in [0.2, 0.25) is 0 Å². The summed E-state index contributed by atoms with van der Waals surface area (Å²) in [5.74, 6) is 1.07. The van der Waals surface area contributed by atoms with Crippen LogP contribution in [0.2, 0.25) is 5.02 Å². The minimum Gasteiger partial charge on any atom is -0.330 e. The van der Waals surface area contributed by atoms with Crippen LogP contribution in [0.3, 0.4) is 0 Å². The van der Waals surface area contributed by atoms with E-state index in [-0.39, 0.29) is 5.91 Å². The lowest BCUT2D eigenvalue weighted by atomic mass is 10.2. The largest absolute Gasteiger partial charge is 0.330 e. The number of carbonyl (C=O) groups excluding carboxylic acids is 1. The van der Waals surface area contributed by atoms with E-state index in [0.717, 1.165) is 57.4 Å². The van der Waals surface area contributed by atoms with E-state index in [1.807, 2.05) is 42.2 Å². The number of hydrogen-bond donors (Lipinski definition) is 0. The maximum Gasteiger partial charge on any atom is 0.264 e. The van der Waals surface area contributed by atoms with E-state index in [2.05, 4.69) is 11.5 Å². The molecule has 1 aromatic carbocycles. The first-order chi connectivity index (χ1) is 13.6. The van der Waals surface area contributed by atoms with Gasteiger partial charge in [-0.1, -0.05) is 31.4 Å². The predicted molar refractivity (Wildman–Crippen MR) is 116 cm³/mol. The molecule has 6 heteroatoms. The van der Waals surface area contributed by atoms with Crippen LogP contribution in [0.15, 0.2) is 30.3 Å². The lowest BCUT2D eigenvalue weighted by Gasteiger charge is -2.23. The Kier molecular flexibility index (Phi) is 5.74. The van der Waals surface area contributed by atoms with Crippen LogP contribution in [0.1, 0.15) is 65.4 Å². The quantitative estimate of drug-likeness (QED) is 0.478. The van der Waals surface area contributed by atoms with E-state index in [0.29, 0.717) is 12.6 Å². The van der Waals surface area contributed by atoms with Gasteiger partial charge in [0.25, 0.3) is 5.91 Å². The zero-order valence-corrected chi connectivity index (χ0v) is 18.0. The van der Waals surface area contributed by atoms with E-state index in [1.165, 1.54) is 12.8 Å². The van der Waals surface area contributed by atoms with Crippen LogP contribution >= 0.6 is 22.9 Å². The Morgan fingerprint density at radius 3 is 2.75 bits per heavy atom. The zero-order chi connectivity index (χ0) is 19.7. The lowest BCUT2D eigenvalue weighted by Crippen LogP contribution is -2.32. The van der Waals surface area contributed by atoms with Crippen molar-refractivity contribution in [1.29, 1.82) is 0 Å². The summed E-state index contributed by atoms with van der Waals surface area (Å²) in [6.45, 7) is 5.41. The number of halogens is 1. The van der Waals surface area contributed by atoms with Gasteiger partial charge in [-0.25, -0.2) is 4.98 Å². The third-order valence-electron chi connectivity index (χ3n) is 5.48. The monoisotopic (exact) mass is 415 g/mol. The van der Waals surface area contributed by atoms with Gasteiger partial charge in [0, 0.05) is 22.5 Å². The molecule has 0 saturated heterocycles. The minimum atomic E-state index is 0.100. The number of rotatable bonds is 6. The van der Waals surface area contributed by atoms with Crippen molar-refractivity contribution in [3.05, 3.63) is 50.9 Å². The average molecular weight is 416 g/mol. The predicted octanol–water partition coefficient (Wildman–Crippen LogP) is 6.23. The maximum atomic E-state index is 13.1. The number of aromatic nitrogens is 2. The van der Waals surface area contributed by atoms with Crippen LogP contribution in [0.25, 0.3) is 11.0 Å². The highest BCUT2D eigenvalue weighted by Gasteiger charge is 2.25. The second-order valence-corrected chi connectivity index (χ2v) is 9.33. The third kappa shape index (κ3) is 3.83. The van der Waals surface area contributed by atoms with Gasteiger partial charge in [0.05, 0.1) is 22.5 Å². The Bertz CT molecular complexity index is 987. The van der Waals surface area contributed by atoms with Crippen LogP contribution < -0.4 is 0 Å². The van der Waals surface area contributed by atoms with Crippen molar-refractivity contribution >= 4 is 39.9 Å². The van der Waals surface area contributed by atoms with Gasteiger partial charge in [-0.15, -0.1) is 11.3 Å². The Morgan fingerprint density at radius 1 is 1.29 bits per heavy atom. The van der Waals surface area contributed by atoms with Crippen LogP contribution in [0, 0.1) is 6.92 Å². The van der Waals surface area contributed by atoms with Crippen LogP contribution in [-0.4, -0.2) is 26.9 Å². The molecule has 1 saturated carbocycles. The van der Waals surface area contributed by atoms with E-state index >= 15 is 0 Å². The number of imidazole rings is 1. The SMILES string of the molecule is CCCN(Cc1nc2ccc(Cl)cc2n1C1CCCC1)C(=O)c1ccc(C)s1. The van der Waals surface area contributed by atoms with Gasteiger partial charge < -0.3 is 9.47 Å². The molecule has 28 heavy (non-hydrogen) atoms. The molecule has 0 bridgehead atoms. The van der Waals surface area contributed by atoms with Gasteiger partial charge in [0.15, 0.2) is 0 Å². The summed E-state index contributed by atoms with van der Waals surface area (Å²) in [6.07, 6.45) is 5.74. The highest BCUT2D eigenvalue weighted by Crippen LogP contribution is 2.35. The highest BCUT2D eigenvalue weighted by molar-refractivity contribution is 7.13. The Hall–Kier alpha value is -1.85. The van der Waals surface area contributed by atoms with Crippen molar-refractivity contribution < 1.29 is 4.79 Å². The fourth-order valence-corrected chi connectivity index (χ4v) is 5.20. The Morgan fingerprint density at radius 2 is 2.07 bits per heavy atom.